The van der Waals surface area contributed by atoms with E-state index in [4.69, 9.17) is 0 Å². The highest BCUT2D eigenvalue weighted by Gasteiger charge is 2.10. The zero-order valence-corrected chi connectivity index (χ0v) is 11.6. The van der Waals surface area contributed by atoms with Crippen molar-refractivity contribution in [3.05, 3.63) is 34.2 Å². The topological polar surface area (TPSA) is 62.0 Å². The number of carbonyl (C=O) groups excluding carboxylic acids is 1. The van der Waals surface area contributed by atoms with Gasteiger partial charge in [-0.05, 0) is 18.4 Å². The summed E-state index contributed by atoms with van der Waals surface area (Å²) < 4.78 is 0. The molecule has 0 radical (unpaired) electrons. The molecule has 0 saturated heterocycles. The molecule has 0 spiro atoms. The highest BCUT2D eigenvalue weighted by Crippen LogP contribution is 2.11. The van der Waals surface area contributed by atoms with Gasteiger partial charge in [0.1, 0.15) is 5.69 Å². The molecule has 4 nitrogen and oxygen atoms in total. The standard InChI is InChI=1S/C12H17BrN2O2/c1-8(2)6-9(13)7-14-12(17)10-4-3-5-11(16)15-10/h3-5,8-9H,6-7H2,1-2H3,(H,14,17)(H,15,16). The van der Waals surface area contributed by atoms with E-state index in [9.17, 15) is 9.59 Å². The minimum absolute atomic E-state index is 0.252. The third-order valence-electron chi connectivity index (χ3n) is 2.22. The molecule has 0 aliphatic heterocycles. The first-order chi connectivity index (χ1) is 7.99. The Hall–Kier alpha value is -1.10. The molecular weight excluding hydrogens is 284 g/mol. The summed E-state index contributed by atoms with van der Waals surface area (Å²) in [6.45, 7) is 4.81. The Balaban J connectivity index is 2.47. The molecule has 1 aromatic rings. The minimum Gasteiger partial charge on any atom is -0.350 e. The van der Waals surface area contributed by atoms with Crippen LogP contribution in [0.3, 0.4) is 0 Å². The summed E-state index contributed by atoms with van der Waals surface area (Å²) >= 11 is 3.51. The maximum atomic E-state index is 11.7. The summed E-state index contributed by atoms with van der Waals surface area (Å²) in [4.78, 5) is 25.5. The number of pyridine rings is 1. The van der Waals surface area contributed by atoms with Crippen molar-refractivity contribution in [3.63, 3.8) is 0 Å². The van der Waals surface area contributed by atoms with Crippen LogP contribution in [0.1, 0.15) is 30.8 Å². The molecular formula is C12H17BrN2O2. The maximum Gasteiger partial charge on any atom is 0.267 e. The monoisotopic (exact) mass is 300 g/mol. The number of hydrogen-bond acceptors (Lipinski definition) is 2. The highest BCUT2D eigenvalue weighted by atomic mass is 79.9. The number of aromatic nitrogens is 1. The fourth-order valence-electron chi connectivity index (χ4n) is 1.47. The highest BCUT2D eigenvalue weighted by molar-refractivity contribution is 9.09. The fraction of sp³-hybridized carbons (Fsp3) is 0.500. The first-order valence-electron chi connectivity index (χ1n) is 5.60. The van der Waals surface area contributed by atoms with Crippen molar-refractivity contribution in [2.24, 2.45) is 5.92 Å². The van der Waals surface area contributed by atoms with E-state index in [-0.39, 0.29) is 16.3 Å². The number of hydrogen-bond donors (Lipinski definition) is 2. The van der Waals surface area contributed by atoms with Gasteiger partial charge in [-0.15, -0.1) is 0 Å². The lowest BCUT2D eigenvalue weighted by Crippen LogP contribution is -2.31. The van der Waals surface area contributed by atoms with Crippen molar-refractivity contribution in [1.82, 2.24) is 10.3 Å². The minimum atomic E-state index is -0.268. The average Bonchev–Trinajstić information content (AvgIpc) is 2.25. The Morgan fingerprint density at radius 2 is 2.18 bits per heavy atom. The number of aromatic amines is 1. The second-order valence-electron chi connectivity index (χ2n) is 4.37. The van der Waals surface area contributed by atoms with E-state index in [0.29, 0.717) is 18.2 Å². The molecule has 94 valence electrons. The van der Waals surface area contributed by atoms with Crippen LogP contribution >= 0.6 is 15.9 Å². The summed E-state index contributed by atoms with van der Waals surface area (Å²) in [6, 6.07) is 4.53. The number of carbonyl (C=O) groups is 1. The lowest BCUT2D eigenvalue weighted by Gasteiger charge is -2.13. The Morgan fingerprint density at radius 3 is 2.76 bits per heavy atom. The van der Waals surface area contributed by atoms with E-state index in [1.165, 1.54) is 6.07 Å². The molecule has 1 rings (SSSR count). The molecule has 5 heteroatoms. The van der Waals surface area contributed by atoms with Gasteiger partial charge < -0.3 is 10.3 Å². The van der Waals surface area contributed by atoms with Gasteiger partial charge in [-0.3, -0.25) is 9.59 Å². The van der Waals surface area contributed by atoms with E-state index in [1.807, 2.05) is 0 Å². The number of amides is 1. The van der Waals surface area contributed by atoms with Gasteiger partial charge >= 0.3 is 0 Å². The SMILES string of the molecule is CC(C)CC(Br)CNC(=O)c1cccc(=O)[nH]1. The van der Waals surface area contributed by atoms with E-state index >= 15 is 0 Å². The van der Waals surface area contributed by atoms with Gasteiger partial charge in [-0.25, -0.2) is 0 Å². The van der Waals surface area contributed by atoms with E-state index < -0.39 is 0 Å². The van der Waals surface area contributed by atoms with Crippen molar-refractivity contribution >= 4 is 21.8 Å². The predicted octanol–water partition coefficient (Wildman–Crippen LogP) is 1.91. The molecule has 0 aromatic carbocycles. The second kappa shape index (κ2) is 6.59. The molecule has 0 bridgehead atoms. The van der Waals surface area contributed by atoms with Crippen LogP contribution in [0.5, 0.6) is 0 Å². The van der Waals surface area contributed by atoms with Crippen LogP contribution in [0.2, 0.25) is 0 Å². The molecule has 0 fully saturated rings. The molecule has 0 aliphatic carbocycles. The lowest BCUT2D eigenvalue weighted by molar-refractivity contribution is 0.0948. The van der Waals surface area contributed by atoms with Crippen molar-refractivity contribution < 1.29 is 4.79 Å². The van der Waals surface area contributed by atoms with Crippen LogP contribution < -0.4 is 10.9 Å². The van der Waals surface area contributed by atoms with E-state index in [1.54, 1.807) is 12.1 Å². The van der Waals surface area contributed by atoms with Crippen LogP contribution in [-0.4, -0.2) is 22.3 Å². The Morgan fingerprint density at radius 1 is 1.47 bits per heavy atom. The van der Waals surface area contributed by atoms with Gasteiger partial charge in [0.2, 0.25) is 5.56 Å². The maximum absolute atomic E-state index is 11.7. The third kappa shape index (κ3) is 5.17. The Bertz CT molecular complexity index is 429. The van der Waals surface area contributed by atoms with E-state index in [2.05, 4.69) is 40.1 Å². The van der Waals surface area contributed by atoms with Crippen LogP contribution in [0, 0.1) is 5.92 Å². The zero-order chi connectivity index (χ0) is 12.8. The third-order valence-corrected chi connectivity index (χ3v) is 2.92. The molecule has 0 aliphatic rings. The van der Waals surface area contributed by atoms with Crippen LogP contribution in [0.25, 0.3) is 0 Å². The predicted molar refractivity (Wildman–Crippen MR) is 71.6 cm³/mol. The Labute approximate surface area is 109 Å². The number of halogens is 1. The van der Waals surface area contributed by atoms with Crippen LogP contribution in [0.15, 0.2) is 23.0 Å². The summed E-state index contributed by atoms with van der Waals surface area (Å²) in [6.07, 6.45) is 0.992. The zero-order valence-electron chi connectivity index (χ0n) is 10.00. The fourth-order valence-corrected chi connectivity index (χ4v) is 2.38. The normalized spacial score (nSPS) is 12.5. The molecule has 2 N–H and O–H groups in total. The molecule has 1 aromatic heterocycles. The van der Waals surface area contributed by atoms with Crippen LogP contribution in [-0.2, 0) is 0 Å². The van der Waals surface area contributed by atoms with Gasteiger partial charge in [-0.1, -0.05) is 35.8 Å². The Kier molecular flexibility index (Phi) is 5.41. The first-order valence-corrected chi connectivity index (χ1v) is 6.52. The molecule has 0 saturated carbocycles. The van der Waals surface area contributed by atoms with E-state index in [0.717, 1.165) is 6.42 Å². The molecule has 1 amide bonds. The van der Waals surface area contributed by atoms with Crippen molar-refractivity contribution in [2.45, 2.75) is 25.1 Å². The van der Waals surface area contributed by atoms with Crippen molar-refractivity contribution in [2.75, 3.05) is 6.54 Å². The molecule has 1 atom stereocenters. The number of rotatable bonds is 5. The summed E-state index contributed by atoms with van der Waals surface area (Å²) in [5.41, 5.74) is 0.0250. The first kappa shape index (κ1) is 14.0. The summed E-state index contributed by atoms with van der Waals surface area (Å²) in [5, 5.41) is 2.78. The summed E-state index contributed by atoms with van der Waals surface area (Å²) in [7, 11) is 0. The van der Waals surface area contributed by atoms with Crippen LogP contribution in [0.4, 0.5) is 0 Å². The van der Waals surface area contributed by atoms with Gasteiger partial charge in [0.15, 0.2) is 0 Å². The molecule has 1 unspecified atom stereocenters. The second-order valence-corrected chi connectivity index (χ2v) is 5.66. The molecule has 17 heavy (non-hydrogen) atoms. The number of H-pyrrole nitrogens is 1. The number of nitrogens with one attached hydrogen (secondary N) is 2. The average molecular weight is 301 g/mol. The van der Waals surface area contributed by atoms with Crippen molar-refractivity contribution in [1.29, 1.82) is 0 Å². The van der Waals surface area contributed by atoms with Crippen molar-refractivity contribution in [3.8, 4) is 0 Å². The van der Waals surface area contributed by atoms with Gasteiger partial charge in [0.25, 0.3) is 5.91 Å². The van der Waals surface area contributed by atoms with Gasteiger partial charge in [-0.2, -0.15) is 0 Å². The molecule has 1 heterocycles. The summed E-state index contributed by atoms with van der Waals surface area (Å²) in [5.74, 6) is 0.323. The largest absolute Gasteiger partial charge is 0.350 e. The lowest BCUT2D eigenvalue weighted by atomic mass is 10.1. The number of alkyl halides is 1. The smallest absolute Gasteiger partial charge is 0.267 e. The van der Waals surface area contributed by atoms with Gasteiger partial charge in [0.05, 0.1) is 0 Å². The van der Waals surface area contributed by atoms with Gasteiger partial charge in [0, 0.05) is 17.4 Å². The quantitative estimate of drug-likeness (QED) is 0.816.